The van der Waals surface area contributed by atoms with E-state index >= 15 is 0 Å². The van der Waals surface area contributed by atoms with Gasteiger partial charge in [0.1, 0.15) is 0 Å². The molecule has 0 saturated carbocycles. The molecule has 0 saturated heterocycles. The van der Waals surface area contributed by atoms with Crippen LogP contribution in [-0.2, 0) is 0 Å². The number of aromatic nitrogens is 1. The molecule has 3 nitrogen and oxygen atoms in total. The number of halogens is 1. The molecule has 0 aliphatic heterocycles. The highest BCUT2D eigenvalue weighted by Crippen LogP contribution is 2.39. The largest absolute Gasteiger partial charge is 0.380 e. The monoisotopic (exact) mass is 342 g/mol. The number of nitrogens with two attached hydrogens (primary N) is 1. The molecule has 0 fully saturated rings. The van der Waals surface area contributed by atoms with Crippen molar-refractivity contribution >= 4 is 21.7 Å². The second kappa shape index (κ2) is 5.37. The van der Waals surface area contributed by atoms with E-state index in [9.17, 15) is 0 Å². The number of rotatable bonds is 2. The zero-order valence-electron chi connectivity index (χ0n) is 11.9. The summed E-state index contributed by atoms with van der Waals surface area (Å²) >= 11 is 3.50. The predicted octanol–water partition coefficient (Wildman–Crippen LogP) is 4.97. The zero-order valence-corrected chi connectivity index (χ0v) is 13.4. The molecule has 4 heteroatoms. The fraction of sp³-hybridized carbons (Fsp3) is 0.118. The second-order valence-electron chi connectivity index (χ2n) is 5.05. The second-order valence-corrected chi connectivity index (χ2v) is 5.96. The molecule has 1 heterocycles. The Hall–Kier alpha value is -2.07. The molecule has 0 atom stereocenters. The van der Waals surface area contributed by atoms with Gasteiger partial charge >= 0.3 is 0 Å². The smallest absolute Gasteiger partial charge is 0.177 e. The Bertz CT molecular complexity index is 808. The minimum absolute atomic E-state index is 0.415. The number of nitrogen functional groups attached to an aromatic ring is 1. The average molecular weight is 343 g/mol. The van der Waals surface area contributed by atoms with Crippen molar-refractivity contribution in [2.24, 2.45) is 0 Å². The van der Waals surface area contributed by atoms with Crippen molar-refractivity contribution in [1.82, 2.24) is 5.16 Å². The van der Waals surface area contributed by atoms with Crippen LogP contribution in [0, 0.1) is 13.8 Å². The molecule has 1 aromatic heterocycles. The van der Waals surface area contributed by atoms with Gasteiger partial charge < -0.3 is 10.3 Å². The van der Waals surface area contributed by atoms with Crippen molar-refractivity contribution in [1.29, 1.82) is 0 Å². The molecule has 3 aromatic rings. The van der Waals surface area contributed by atoms with Gasteiger partial charge in [-0.2, -0.15) is 0 Å². The molecule has 0 amide bonds. The Morgan fingerprint density at radius 3 is 2.48 bits per heavy atom. The first-order valence-electron chi connectivity index (χ1n) is 6.65. The Morgan fingerprint density at radius 1 is 1.00 bits per heavy atom. The van der Waals surface area contributed by atoms with Crippen LogP contribution in [-0.4, -0.2) is 5.16 Å². The molecule has 0 unspecified atom stereocenters. The van der Waals surface area contributed by atoms with Gasteiger partial charge in [-0.25, -0.2) is 0 Å². The molecular weight excluding hydrogens is 328 g/mol. The lowest BCUT2D eigenvalue weighted by Gasteiger charge is -2.08. The normalized spacial score (nSPS) is 10.8. The van der Waals surface area contributed by atoms with Crippen LogP contribution < -0.4 is 5.73 Å². The first kappa shape index (κ1) is 13.9. The highest BCUT2D eigenvalue weighted by Gasteiger charge is 2.20. The lowest BCUT2D eigenvalue weighted by molar-refractivity contribution is 0.436. The maximum atomic E-state index is 6.05. The third kappa shape index (κ3) is 2.47. The van der Waals surface area contributed by atoms with Crippen LogP contribution in [0.15, 0.2) is 51.5 Å². The molecule has 106 valence electrons. The molecule has 0 aliphatic rings. The van der Waals surface area contributed by atoms with E-state index in [4.69, 9.17) is 10.3 Å². The number of anilines is 1. The summed E-state index contributed by atoms with van der Waals surface area (Å²) in [5.74, 6) is 1.12. The predicted molar refractivity (Wildman–Crippen MR) is 89.0 cm³/mol. The maximum Gasteiger partial charge on any atom is 0.177 e. The molecule has 2 aromatic carbocycles. The van der Waals surface area contributed by atoms with Crippen molar-refractivity contribution in [3.8, 4) is 22.5 Å². The van der Waals surface area contributed by atoms with Crippen molar-refractivity contribution in [3.63, 3.8) is 0 Å². The van der Waals surface area contributed by atoms with Gasteiger partial charge in [-0.3, -0.25) is 0 Å². The van der Waals surface area contributed by atoms with Gasteiger partial charge in [0.05, 0.1) is 5.56 Å². The molecule has 0 radical (unpaired) electrons. The minimum atomic E-state index is 0.415. The fourth-order valence-corrected chi connectivity index (χ4v) is 2.80. The van der Waals surface area contributed by atoms with Crippen molar-refractivity contribution in [2.75, 3.05) is 5.73 Å². The van der Waals surface area contributed by atoms with Gasteiger partial charge in [0.15, 0.2) is 11.6 Å². The summed E-state index contributed by atoms with van der Waals surface area (Å²) in [6.45, 7) is 4.10. The molecule has 3 rings (SSSR count). The van der Waals surface area contributed by atoms with Gasteiger partial charge in [0.25, 0.3) is 0 Å². The molecule has 0 aliphatic carbocycles. The van der Waals surface area contributed by atoms with E-state index in [2.05, 4.69) is 34.1 Å². The van der Waals surface area contributed by atoms with E-state index in [0.717, 1.165) is 32.3 Å². The van der Waals surface area contributed by atoms with Crippen molar-refractivity contribution in [3.05, 3.63) is 58.1 Å². The zero-order chi connectivity index (χ0) is 15.0. The number of nitrogens with zero attached hydrogens (tertiary/aromatic N) is 1. The average Bonchev–Trinajstić information content (AvgIpc) is 2.84. The van der Waals surface area contributed by atoms with Gasteiger partial charge in [-0.1, -0.05) is 51.4 Å². The summed E-state index contributed by atoms with van der Waals surface area (Å²) in [5, 5.41) is 3.97. The Morgan fingerprint density at radius 2 is 1.71 bits per heavy atom. The minimum Gasteiger partial charge on any atom is -0.380 e. The van der Waals surface area contributed by atoms with E-state index in [1.165, 1.54) is 0 Å². The molecular formula is C17H15BrN2O. The Labute approximate surface area is 131 Å². The summed E-state index contributed by atoms with van der Waals surface area (Å²) in [6, 6.07) is 14.2. The van der Waals surface area contributed by atoms with Gasteiger partial charge in [0, 0.05) is 10.0 Å². The molecule has 2 N–H and O–H groups in total. The Balaban J connectivity index is 2.27. The highest BCUT2D eigenvalue weighted by atomic mass is 79.9. The van der Waals surface area contributed by atoms with Gasteiger partial charge in [-0.05, 0) is 42.7 Å². The van der Waals surface area contributed by atoms with Gasteiger partial charge in [-0.15, -0.1) is 0 Å². The standard InChI is InChI=1S/C17H15BrN2O/c1-10-5-3-4-6-13(10)15-16(21-20-17(15)19)14-9-12(18)8-7-11(14)2/h3-9H,1-2H3,(H2,19,20). The van der Waals surface area contributed by atoms with Crippen LogP contribution in [0.2, 0.25) is 0 Å². The van der Waals surface area contributed by atoms with Crippen LogP contribution in [0.4, 0.5) is 5.82 Å². The summed E-state index contributed by atoms with van der Waals surface area (Å²) in [4.78, 5) is 0. The van der Waals surface area contributed by atoms with Crippen LogP contribution >= 0.6 is 15.9 Å². The van der Waals surface area contributed by atoms with E-state index in [-0.39, 0.29) is 0 Å². The summed E-state index contributed by atoms with van der Waals surface area (Å²) in [7, 11) is 0. The van der Waals surface area contributed by atoms with Crippen molar-refractivity contribution < 1.29 is 4.52 Å². The topological polar surface area (TPSA) is 52.0 Å². The molecule has 0 bridgehead atoms. The summed E-state index contributed by atoms with van der Waals surface area (Å²) in [5.41, 5.74) is 11.2. The fourth-order valence-electron chi connectivity index (χ4n) is 2.44. The molecule has 21 heavy (non-hydrogen) atoms. The first-order chi connectivity index (χ1) is 10.1. The third-order valence-electron chi connectivity index (χ3n) is 3.58. The van der Waals surface area contributed by atoms with E-state index < -0.39 is 0 Å². The molecule has 0 spiro atoms. The van der Waals surface area contributed by atoms with Crippen LogP contribution in [0.3, 0.4) is 0 Å². The van der Waals surface area contributed by atoms with E-state index in [1.54, 1.807) is 0 Å². The number of benzene rings is 2. The summed E-state index contributed by atoms with van der Waals surface area (Å²) < 4.78 is 6.53. The van der Waals surface area contributed by atoms with Crippen LogP contribution in [0.25, 0.3) is 22.5 Å². The van der Waals surface area contributed by atoms with E-state index in [0.29, 0.717) is 11.6 Å². The highest BCUT2D eigenvalue weighted by molar-refractivity contribution is 9.10. The Kier molecular flexibility index (Phi) is 3.55. The van der Waals surface area contributed by atoms with Crippen LogP contribution in [0.1, 0.15) is 11.1 Å². The number of hydrogen-bond donors (Lipinski definition) is 1. The lowest BCUT2D eigenvalue weighted by Crippen LogP contribution is -1.91. The number of aryl methyl sites for hydroxylation is 2. The van der Waals surface area contributed by atoms with Crippen molar-refractivity contribution in [2.45, 2.75) is 13.8 Å². The van der Waals surface area contributed by atoms with E-state index in [1.807, 2.05) is 43.3 Å². The van der Waals surface area contributed by atoms with Crippen LogP contribution in [0.5, 0.6) is 0 Å². The number of hydrogen-bond acceptors (Lipinski definition) is 3. The lowest BCUT2D eigenvalue weighted by atomic mass is 9.96. The summed E-state index contributed by atoms with van der Waals surface area (Å²) in [6.07, 6.45) is 0. The third-order valence-corrected chi connectivity index (χ3v) is 4.07. The SMILES string of the molecule is Cc1ccc(Br)cc1-c1onc(N)c1-c1ccccc1C. The maximum absolute atomic E-state index is 6.05. The quantitative estimate of drug-likeness (QED) is 0.715. The van der Waals surface area contributed by atoms with Gasteiger partial charge in [0.2, 0.25) is 0 Å². The first-order valence-corrected chi connectivity index (χ1v) is 7.45.